The van der Waals surface area contributed by atoms with E-state index in [0.717, 1.165) is 25.1 Å². The summed E-state index contributed by atoms with van der Waals surface area (Å²) in [4.78, 5) is 10.4. The molecule has 0 aliphatic heterocycles. The quantitative estimate of drug-likeness (QED) is 0.208. The van der Waals surface area contributed by atoms with Crippen LogP contribution < -0.4 is 15.4 Å². The Kier molecular flexibility index (Phi) is 13.2. The largest absolute Gasteiger partial charge is 0.468 e. The zero-order valence-corrected chi connectivity index (χ0v) is 20.0. The molecule has 0 saturated carbocycles. The number of alkyl halides is 3. The highest BCUT2D eigenvalue weighted by molar-refractivity contribution is 14.0. The second-order valence-electron chi connectivity index (χ2n) is 7.04. The first-order valence-electron chi connectivity index (χ1n) is 9.47. The second kappa shape index (κ2) is 13.8. The number of nitrogens with zero attached hydrogens (tertiary/aromatic N) is 3. The van der Waals surface area contributed by atoms with Crippen molar-refractivity contribution in [3.63, 3.8) is 0 Å². The van der Waals surface area contributed by atoms with Gasteiger partial charge in [0.15, 0.2) is 12.6 Å². The fourth-order valence-electron chi connectivity index (χ4n) is 2.78. The molecule has 1 heterocycles. The van der Waals surface area contributed by atoms with Gasteiger partial charge in [0.25, 0.3) is 0 Å². The third-order valence-corrected chi connectivity index (χ3v) is 4.08. The van der Waals surface area contributed by atoms with Crippen LogP contribution in [-0.4, -0.2) is 60.8 Å². The minimum Gasteiger partial charge on any atom is -0.468 e. The fourth-order valence-corrected chi connectivity index (χ4v) is 2.78. The number of pyridine rings is 1. The minimum absolute atomic E-state index is 0. The van der Waals surface area contributed by atoms with Gasteiger partial charge in [-0.1, -0.05) is 0 Å². The molecule has 0 spiro atoms. The number of nitrogens with one attached hydrogen (secondary N) is 2. The maximum atomic E-state index is 12.2. The van der Waals surface area contributed by atoms with Crippen molar-refractivity contribution in [3.8, 4) is 5.88 Å². The van der Waals surface area contributed by atoms with Crippen LogP contribution in [0.15, 0.2) is 23.3 Å². The van der Waals surface area contributed by atoms with E-state index in [4.69, 9.17) is 0 Å². The number of aliphatic imine (C=N–C) groups is 1. The van der Waals surface area contributed by atoms with Gasteiger partial charge >= 0.3 is 6.18 Å². The lowest BCUT2D eigenvalue weighted by atomic mass is 10.2. The summed E-state index contributed by atoms with van der Waals surface area (Å²) in [5.74, 6) is 0.581. The third kappa shape index (κ3) is 12.1. The van der Waals surface area contributed by atoms with Gasteiger partial charge in [-0.2, -0.15) is 13.2 Å². The normalized spacial score (nSPS) is 12.3. The van der Waals surface area contributed by atoms with Crippen molar-refractivity contribution >= 4 is 29.9 Å². The summed E-state index contributed by atoms with van der Waals surface area (Å²) in [7, 11) is 1.67. The molecule has 0 bridgehead atoms. The number of guanidine groups is 1. The Hall–Kier alpha value is -1.30. The highest BCUT2D eigenvalue weighted by Crippen LogP contribution is 2.17. The summed E-state index contributed by atoms with van der Waals surface area (Å²) in [5.41, 5.74) is 0.751. The van der Waals surface area contributed by atoms with E-state index in [1.165, 1.54) is 12.3 Å². The average molecular weight is 531 g/mol. The SMILES string of the molecule is CN=C(NCCCN(C(C)C)C(C)C)NCc1ccnc(OCC(F)(F)F)c1.I. The third-order valence-electron chi connectivity index (χ3n) is 4.08. The lowest BCUT2D eigenvalue weighted by Crippen LogP contribution is -2.41. The Bertz CT molecular complexity index is 604. The summed E-state index contributed by atoms with van der Waals surface area (Å²) in [5, 5.41) is 6.39. The summed E-state index contributed by atoms with van der Waals surface area (Å²) >= 11 is 0. The van der Waals surface area contributed by atoms with Crippen LogP contribution in [0.5, 0.6) is 5.88 Å². The van der Waals surface area contributed by atoms with E-state index in [0.29, 0.717) is 24.6 Å². The number of aromatic nitrogens is 1. The van der Waals surface area contributed by atoms with Gasteiger partial charge in [-0.15, -0.1) is 24.0 Å². The molecular formula is C19H33F3IN5O. The number of ether oxygens (including phenoxy) is 1. The maximum Gasteiger partial charge on any atom is 0.422 e. The van der Waals surface area contributed by atoms with E-state index in [1.807, 2.05) is 0 Å². The molecule has 1 aromatic rings. The lowest BCUT2D eigenvalue weighted by molar-refractivity contribution is -0.154. The smallest absolute Gasteiger partial charge is 0.422 e. The highest BCUT2D eigenvalue weighted by Gasteiger charge is 2.28. The van der Waals surface area contributed by atoms with Crippen LogP contribution in [0, 0.1) is 0 Å². The van der Waals surface area contributed by atoms with Gasteiger partial charge in [0.05, 0.1) is 0 Å². The standard InChI is InChI=1S/C19H32F3N5O.HI/c1-14(2)27(15(3)4)10-6-8-25-18(23-5)26-12-16-7-9-24-17(11-16)28-13-19(20,21)22;/h7,9,11,14-15H,6,8,10,12-13H2,1-5H3,(H2,23,25,26);1H. The molecule has 6 nitrogen and oxygen atoms in total. The molecule has 10 heteroatoms. The van der Waals surface area contributed by atoms with E-state index in [9.17, 15) is 13.2 Å². The molecule has 0 aliphatic carbocycles. The van der Waals surface area contributed by atoms with Crippen molar-refractivity contribution in [2.75, 3.05) is 26.7 Å². The van der Waals surface area contributed by atoms with Crippen molar-refractivity contribution in [2.45, 2.75) is 58.9 Å². The van der Waals surface area contributed by atoms with Gasteiger partial charge in [0, 0.05) is 51.0 Å². The predicted octanol–water partition coefficient (Wildman–Crippen LogP) is 3.81. The molecule has 168 valence electrons. The van der Waals surface area contributed by atoms with Crippen molar-refractivity contribution in [1.82, 2.24) is 20.5 Å². The number of hydrogen-bond acceptors (Lipinski definition) is 4. The summed E-state index contributed by atoms with van der Waals surface area (Å²) in [6.07, 6.45) is -1.99. The molecule has 0 aromatic carbocycles. The predicted molar refractivity (Wildman–Crippen MR) is 121 cm³/mol. The molecule has 0 saturated heterocycles. The number of hydrogen-bond donors (Lipinski definition) is 2. The Morgan fingerprint density at radius 2 is 1.86 bits per heavy atom. The molecule has 0 aliphatic rings. The molecule has 29 heavy (non-hydrogen) atoms. The Morgan fingerprint density at radius 1 is 1.21 bits per heavy atom. The van der Waals surface area contributed by atoms with Crippen LogP contribution in [-0.2, 0) is 6.54 Å². The van der Waals surface area contributed by atoms with Crippen molar-refractivity contribution in [2.24, 2.45) is 4.99 Å². The molecule has 0 radical (unpaired) electrons. The Balaban J connectivity index is 0.00000784. The average Bonchev–Trinajstić information content (AvgIpc) is 2.61. The maximum absolute atomic E-state index is 12.2. The van der Waals surface area contributed by atoms with Crippen molar-refractivity contribution in [1.29, 1.82) is 0 Å². The molecular weight excluding hydrogens is 498 g/mol. The van der Waals surface area contributed by atoms with E-state index in [2.05, 4.69) is 57.9 Å². The molecule has 2 N–H and O–H groups in total. The van der Waals surface area contributed by atoms with Crippen LogP contribution in [0.1, 0.15) is 39.7 Å². The minimum atomic E-state index is -4.39. The fraction of sp³-hybridized carbons (Fsp3) is 0.684. The molecule has 0 fully saturated rings. The zero-order valence-electron chi connectivity index (χ0n) is 17.7. The van der Waals surface area contributed by atoms with Crippen LogP contribution in [0.25, 0.3) is 0 Å². The summed E-state index contributed by atoms with van der Waals surface area (Å²) < 4.78 is 41.4. The second-order valence-corrected chi connectivity index (χ2v) is 7.04. The van der Waals surface area contributed by atoms with E-state index in [1.54, 1.807) is 13.1 Å². The Morgan fingerprint density at radius 3 is 2.41 bits per heavy atom. The van der Waals surface area contributed by atoms with Crippen LogP contribution in [0.2, 0.25) is 0 Å². The van der Waals surface area contributed by atoms with Gasteiger partial charge in [0.1, 0.15) is 0 Å². The van der Waals surface area contributed by atoms with Gasteiger partial charge in [-0.05, 0) is 45.7 Å². The van der Waals surface area contributed by atoms with Gasteiger partial charge in [0.2, 0.25) is 5.88 Å². The number of rotatable bonds is 10. The van der Waals surface area contributed by atoms with Crippen LogP contribution >= 0.6 is 24.0 Å². The lowest BCUT2D eigenvalue weighted by Gasteiger charge is -2.30. The van der Waals surface area contributed by atoms with Crippen LogP contribution in [0.3, 0.4) is 0 Å². The van der Waals surface area contributed by atoms with Crippen LogP contribution in [0.4, 0.5) is 13.2 Å². The van der Waals surface area contributed by atoms with Crippen molar-refractivity contribution < 1.29 is 17.9 Å². The first kappa shape index (κ1) is 27.7. The zero-order chi connectivity index (χ0) is 21.2. The van der Waals surface area contributed by atoms with Gasteiger partial charge in [-0.3, -0.25) is 9.89 Å². The molecule has 1 rings (SSSR count). The molecule has 0 atom stereocenters. The topological polar surface area (TPSA) is 61.8 Å². The molecule has 0 amide bonds. The number of halogens is 4. The van der Waals surface area contributed by atoms with E-state index < -0.39 is 12.8 Å². The van der Waals surface area contributed by atoms with E-state index >= 15 is 0 Å². The first-order valence-corrected chi connectivity index (χ1v) is 9.47. The summed E-state index contributed by atoms with van der Waals surface area (Å²) in [6.45, 7) is 9.56. The molecule has 0 unspecified atom stereocenters. The monoisotopic (exact) mass is 531 g/mol. The highest BCUT2D eigenvalue weighted by atomic mass is 127. The van der Waals surface area contributed by atoms with Gasteiger partial charge in [-0.25, -0.2) is 4.98 Å². The van der Waals surface area contributed by atoms with Crippen molar-refractivity contribution in [3.05, 3.63) is 23.9 Å². The Labute approximate surface area is 188 Å². The molecule has 1 aromatic heterocycles. The first-order chi connectivity index (χ1) is 13.1. The summed E-state index contributed by atoms with van der Waals surface area (Å²) in [6, 6.07) is 4.19. The van der Waals surface area contributed by atoms with E-state index in [-0.39, 0.29) is 29.9 Å². The van der Waals surface area contributed by atoms with Gasteiger partial charge < -0.3 is 15.4 Å².